The lowest BCUT2D eigenvalue weighted by atomic mass is 10.1. The van der Waals surface area contributed by atoms with E-state index in [1.54, 1.807) is 12.1 Å². The molecule has 0 amide bonds. The van der Waals surface area contributed by atoms with Crippen molar-refractivity contribution in [3.63, 3.8) is 0 Å². The Morgan fingerprint density at radius 1 is 0.583 bits per heavy atom. The summed E-state index contributed by atoms with van der Waals surface area (Å²) in [5.74, 6) is -1.28. The highest BCUT2D eigenvalue weighted by Gasteiger charge is 2.22. The van der Waals surface area contributed by atoms with Crippen molar-refractivity contribution in [3.05, 3.63) is 35.4 Å². The number of benzene rings is 1. The van der Waals surface area contributed by atoms with Gasteiger partial charge in [0.25, 0.3) is 0 Å². The standard InChI is InChI=1S/C28H46O8/c1-5-9-17-31-25(32-18-10-6-2)21-35-27(29)23-15-13-14-16-24(23)28(30)36-22-26(33-19-11-7-3)34-20-12-8-4/h13-16,25-26H,5-12,17-22H2,1-4H3. The molecule has 36 heavy (non-hydrogen) atoms. The molecule has 8 nitrogen and oxygen atoms in total. The summed E-state index contributed by atoms with van der Waals surface area (Å²) in [5, 5.41) is 0. The molecule has 0 radical (unpaired) electrons. The lowest BCUT2D eigenvalue weighted by molar-refractivity contribution is -0.165. The van der Waals surface area contributed by atoms with E-state index in [9.17, 15) is 9.59 Å². The molecular formula is C28H46O8. The van der Waals surface area contributed by atoms with Crippen LogP contribution in [-0.4, -0.2) is 64.2 Å². The summed E-state index contributed by atoms with van der Waals surface area (Å²) in [6.07, 6.45) is 6.23. The fourth-order valence-corrected chi connectivity index (χ4v) is 3.01. The molecule has 0 saturated heterocycles. The van der Waals surface area contributed by atoms with Gasteiger partial charge in [-0.25, -0.2) is 9.59 Å². The number of unbranched alkanes of at least 4 members (excludes halogenated alkanes) is 4. The number of esters is 2. The largest absolute Gasteiger partial charge is 0.457 e. The van der Waals surface area contributed by atoms with E-state index in [0.29, 0.717) is 26.4 Å². The minimum Gasteiger partial charge on any atom is -0.457 e. The summed E-state index contributed by atoms with van der Waals surface area (Å²) in [7, 11) is 0. The second kappa shape index (κ2) is 21.1. The Balaban J connectivity index is 2.73. The smallest absolute Gasteiger partial charge is 0.339 e. The molecule has 0 aliphatic carbocycles. The van der Waals surface area contributed by atoms with Gasteiger partial charge in [-0.2, -0.15) is 0 Å². The topological polar surface area (TPSA) is 89.5 Å². The molecule has 0 saturated carbocycles. The first-order chi connectivity index (χ1) is 17.6. The summed E-state index contributed by atoms with van der Waals surface area (Å²) in [4.78, 5) is 25.7. The molecule has 1 rings (SSSR count). The molecule has 0 aliphatic rings. The predicted octanol–water partition coefficient (Wildman–Crippen LogP) is 5.92. The Kier molecular flexibility index (Phi) is 18.8. The van der Waals surface area contributed by atoms with E-state index >= 15 is 0 Å². The van der Waals surface area contributed by atoms with Crippen molar-refractivity contribution in [1.82, 2.24) is 0 Å². The first-order valence-corrected chi connectivity index (χ1v) is 13.5. The molecule has 0 unspecified atom stereocenters. The second-order valence-corrected chi connectivity index (χ2v) is 8.50. The zero-order valence-electron chi connectivity index (χ0n) is 22.6. The van der Waals surface area contributed by atoms with Gasteiger partial charge in [-0.15, -0.1) is 0 Å². The minimum atomic E-state index is -0.646. The van der Waals surface area contributed by atoms with Gasteiger partial charge in [-0.1, -0.05) is 65.5 Å². The molecule has 0 aliphatic heterocycles. The van der Waals surface area contributed by atoms with Gasteiger partial charge < -0.3 is 28.4 Å². The highest BCUT2D eigenvalue weighted by atomic mass is 16.7. The van der Waals surface area contributed by atoms with Crippen LogP contribution in [0.15, 0.2) is 24.3 Å². The van der Waals surface area contributed by atoms with Gasteiger partial charge in [0, 0.05) is 26.4 Å². The van der Waals surface area contributed by atoms with Gasteiger partial charge in [0.15, 0.2) is 12.6 Å². The maximum Gasteiger partial charge on any atom is 0.339 e. The summed E-state index contributed by atoms with van der Waals surface area (Å²) >= 11 is 0. The van der Waals surface area contributed by atoms with Crippen LogP contribution >= 0.6 is 0 Å². The number of ether oxygens (including phenoxy) is 6. The van der Waals surface area contributed by atoms with Crippen LogP contribution in [0.2, 0.25) is 0 Å². The summed E-state index contributed by atoms with van der Waals surface area (Å²) in [5.41, 5.74) is 0.248. The van der Waals surface area contributed by atoms with Gasteiger partial charge in [-0.3, -0.25) is 0 Å². The highest BCUT2D eigenvalue weighted by Crippen LogP contribution is 2.14. The summed E-state index contributed by atoms with van der Waals surface area (Å²) in [6, 6.07) is 6.42. The fourth-order valence-electron chi connectivity index (χ4n) is 3.01. The van der Waals surface area contributed by atoms with Crippen LogP contribution in [0.5, 0.6) is 0 Å². The molecule has 0 aromatic heterocycles. The van der Waals surface area contributed by atoms with Gasteiger partial charge in [0.2, 0.25) is 0 Å². The van der Waals surface area contributed by atoms with Crippen LogP contribution in [0.3, 0.4) is 0 Å². The van der Waals surface area contributed by atoms with Crippen molar-refractivity contribution in [3.8, 4) is 0 Å². The Morgan fingerprint density at radius 3 is 1.17 bits per heavy atom. The van der Waals surface area contributed by atoms with Gasteiger partial charge in [0.05, 0.1) is 11.1 Å². The van der Waals surface area contributed by atoms with E-state index in [1.807, 2.05) is 0 Å². The molecule has 206 valence electrons. The number of rotatable bonds is 22. The third-order valence-electron chi connectivity index (χ3n) is 5.27. The van der Waals surface area contributed by atoms with Crippen LogP contribution in [0.1, 0.15) is 99.8 Å². The molecule has 0 heterocycles. The van der Waals surface area contributed by atoms with Gasteiger partial charge >= 0.3 is 11.9 Å². The number of carbonyl (C=O) groups excluding carboxylic acids is 2. The van der Waals surface area contributed by atoms with Crippen molar-refractivity contribution < 1.29 is 38.0 Å². The monoisotopic (exact) mass is 510 g/mol. The molecular weight excluding hydrogens is 464 g/mol. The summed E-state index contributed by atoms with van der Waals surface area (Å²) in [6.45, 7) is 10.3. The third kappa shape index (κ3) is 13.9. The zero-order valence-corrected chi connectivity index (χ0v) is 22.6. The molecule has 0 atom stereocenters. The molecule has 0 bridgehead atoms. The molecule has 1 aromatic rings. The fraction of sp³-hybridized carbons (Fsp3) is 0.714. The maximum atomic E-state index is 12.8. The van der Waals surface area contributed by atoms with E-state index in [0.717, 1.165) is 51.4 Å². The van der Waals surface area contributed by atoms with Crippen LogP contribution in [-0.2, 0) is 28.4 Å². The molecule has 0 N–H and O–H groups in total. The van der Waals surface area contributed by atoms with Gasteiger partial charge in [0.1, 0.15) is 13.2 Å². The maximum absolute atomic E-state index is 12.8. The van der Waals surface area contributed by atoms with Crippen LogP contribution in [0.4, 0.5) is 0 Å². The normalized spacial score (nSPS) is 11.3. The van der Waals surface area contributed by atoms with Gasteiger partial charge in [-0.05, 0) is 37.8 Å². The van der Waals surface area contributed by atoms with Crippen LogP contribution in [0, 0.1) is 0 Å². The first kappa shape index (κ1) is 32.0. The summed E-state index contributed by atoms with van der Waals surface area (Å²) < 4.78 is 33.8. The average Bonchev–Trinajstić information content (AvgIpc) is 2.89. The molecule has 8 heteroatoms. The van der Waals surface area contributed by atoms with Crippen LogP contribution < -0.4 is 0 Å². The van der Waals surface area contributed by atoms with Crippen molar-refractivity contribution in [1.29, 1.82) is 0 Å². The van der Waals surface area contributed by atoms with E-state index in [1.165, 1.54) is 12.1 Å². The number of hydrogen-bond donors (Lipinski definition) is 0. The van der Waals surface area contributed by atoms with Crippen LogP contribution in [0.25, 0.3) is 0 Å². The zero-order chi connectivity index (χ0) is 26.4. The minimum absolute atomic E-state index is 0.0613. The second-order valence-electron chi connectivity index (χ2n) is 8.50. The lowest BCUT2D eigenvalue weighted by Crippen LogP contribution is -2.28. The molecule has 0 fully saturated rings. The number of carbonyl (C=O) groups is 2. The highest BCUT2D eigenvalue weighted by molar-refractivity contribution is 6.03. The van der Waals surface area contributed by atoms with E-state index < -0.39 is 24.5 Å². The van der Waals surface area contributed by atoms with Crippen molar-refractivity contribution in [2.75, 3.05) is 39.6 Å². The van der Waals surface area contributed by atoms with Crippen molar-refractivity contribution in [2.24, 2.45) is 0 Å². The van der Waals surface area contributed by atoms with Crippen molar-refractivity contribution in [2.45, 2.75) is 91.6 Å². The molecule has 0 spiro atoms. The SMILES string of the molecule is CCCCOC(COC(=O)c1ccccc1C(=O)OCC(OCCCC)OCCCC)OCCCC. The predicted molar refractivity (Wildman–Crippen MR) is 138 cm³/mol. The van der Waals surface area contributed by atoms with E-state index in [-0.39, 0.29) is 24.3 Å². The average molecular weight is 511 g/mol. The Labute approximate surface area is 216 Å². The van der Waals surface area contributed by atoms with E-state index in [4.69, 9.17) is 28.4 Å². The van der Waals surface area contributed by atoms with E-state index in [2.05, 4.69) is 27.7 Å². The third-order valence-corrected chi connectivity index (χ3v) is 5.27. The molecule has 1 aromatic carbocycles. The Morgan fingerprint density at radius 2 is 0.889 bits per heavy atom. The first-order valence-electron chi connectivity index (χ1n) is 13.5. The Hall–Kier alpha value is -2.00. The number of hydrogen-bond acceptors (Lipinski definition) is 8. The lowest BCUT2D eigenvalue weighted by Gasteiger charge is -2.20. The quantitative estimate of drug-likeness (QED) is 0.108. The Bertz CT molecular complexity index is 630. The van der Waals surface area contributed by atoms with Crippen molar-refractivity contribution >= 4 is 11.9 Å².